The minimum atomic E-state index is -0.0904. The predicted molar refractivity (Wildman–Crippen MR) is 123 cm³/mol. The van der Waals surface area contributed by atoms with E-state index in [9.17, 15) is 4.79 Å². The normalized spacial score (nSPS) is 13.4. The molecule has 162 valence electrons. The fourth-order valence-corrected chi connectivity index (χ4v) is 4.54. The third-order valence-corrected chi connectivity index (χ3v) is 6.35. The molecule has 1 fully saturated rings. The van der Waals surface area contributed by atoms with Gasteiger partial charge in [0.25, 0.3) is 0 Å². The molecule has 0 saturated carbocycles. The van der Waals surface area contributed by atoms with Crippen molar-refractivity contribution < 1.29 is 9.53 Å². The Balaban J connectivity index is 1.48. The molecule has 0 spiro atoms. The highest BCUT2D eigenvalue weighted by Crippen LogP contribution is 2.31. The third-order valence-electron chi connectivity index (χ3n) is 5.10. The molecule has 1 amide bonds. The van der Waals surface area contributed by atoms with Gasteiger partial charge >= 0.3 is 0 Å². The van der Waals surface area contributed by atoms with Gasteiger partial charge in [0.15, 0.2) is 5.16 Å². The molecule has 3 aromatic rings. The summed E-state index contributed by atoms with van der Waals surface area (Å²) in [6.07, 6.45) is 2.26. The highest BCUT2D eigenvalue weighted by Gasteiger charge is 2.24. The summed E-state index contributed by atoms with van der Waals surface area (Å²) in [6, 6.07) is 15.2. The van der Waals surface area contributed by atoms with Crippen molar-refractivity contribution in [2.24, 2.45) is 0 Å². The lowest BCUT2D eigenvalue weighted by molar-refractivity contribution is -0.118. The average Bonchev–Trinajstić information content (AvgIpc) is 3.46. The number of carbonyl (C=O) groups is 1. The summed E-state index contributed by atoms with van der Waals surface area (Å²) >= 11 is 7.82. The number of aromatic nitrogens is 3. The van der Waals surface area contributed by atoms with Gasteiger partial charge in [-0.2, -0.15) is 0 Å². The molecule has 0 bridgehead atoms. The van der Waals surface area contributed by atoms with Crippen molar-refractivity contribution >= 4 is 35.2 Å². The number of anilines is 1. The molecule has 7 nitrogen and oxygen atoms in total. The number of para-hydroxylation sites is 2. The Bertz CT molecular complexity index is 1050. The average molecular weight is 458 g/mol. The van der Waals surface area contributed by atoms with Crippen molar-refractivity contribution in [3.05, 3.63) is 59.1 Å². The van der Waals surface area contributed by atoms with Crippen LogP contribution < -0.4 is 15.0 Å². The first-order chi connectivity index (χ1) is 15.2. The Hall–Kier alpha value is -2.71. The highest BCUT2D eigenvalue weighted by molar-refractivity contribution is 7.99. The van der Waals surface area contributed by atoms with Gasteiger partial charge in [-0.1, -0.05) is 53.7 Å². The number of amides is 1. The number of benzene rings is 2. The Morgan fingerprint density at radius 1 is 1.13 bits per heavy atom. The first kappa shape index (κ1) is 21.5. The molecule has 2 aromatic carbocycles. The topological polar surface area (TPSA) is 72.3 Å². The summed E-state index contributed by atoms with van der Waals surface area (Å²) in [5.41, 5.74) is 1.74. The van der Waals surface area contributed by atoms with Gasteiger partial charge in [-0.25, -0.2) is 0 Å². The number of hydrogen-bond acceptors (Lipinski definition) is 6. The van der Waals surface area contributed by atoms with Crippen molar-refractivity contribution in [3.63, 3.8) is 0 Å². The highest BCUT2D eigenvalue weighted by atomic mass is 35.5. The maximum absolute atomic E-state index is 12.5. The molecule has 1 saturated heterocycles. The second kappa shape index (κ2) is 10.1. The van der Waals surface area contributed by atoms with Crippen LogP contribution in [0.3, 0.4) is 0 Å². The van der Waals surface area contributed by atoms with Gasteiger partial charge < -0.3 is 15.0 Å². The molecule has 9 heteroatoms. The van der Waals surface area contributed by atoms with Crippen LogP contribution in [0.25, 0.3) is 5.69 Å². The molecule has 0 unspecified atom stereocenters. The quantitative estimate of drug-likeness (QED) is 0.516. The van der Waals surface area contributed by atoms with Crippen molar-refractivity contribution in [1.82, 2.24) is 20.1 Å². The number of hydrogen-bond donors (Lipinski definition) is 1. The van der Waals surface area contributed by atoms with Gasteiger partial charge in [-0.15, -0.1) is 10.2 Å². The van der Waals surface area contributed by atoms with E-state index in [0.29, 0.717) is 16.7 Å². The number of methoxy groups -OCH3 is 1. The van der Waals surface area contributed by atoms with Crippen LogP contribution in [0.15, 0.2) is 53.7 Å². The number of thioether (sulfide) groups is 1. The molecule has 0 aliphatic carbocycles. The Morgan fingerprint density at radius 2 is 1.87 bits per heavy atom. The molecule has 0 radical (unpaired) electrons. The number of nitrogens with zero attached hydrogens (tertiary/aromatic N) is 4. The first-order valence-corrected chi connectivity index (χ1v) is 11.5. The van der Waals surface area contributed by atoms with Crippen LogP contribution >= 0.6 is 23.4 Å². The van der Waals surface area contributed by atoms with E-state index >= 15 is 0 Å². The Labute approximate surface area is 190 Å². The van der Waals surface area contributed by atoms with E-state index in [1.165, 1.54) is 11.8 Å². The summed E-state index contributed by atoms with van der Waals surface area (Å²) < 4.78 is 7.29. The smallest absolute Gasteiger partial charge is 0.232 e. The molecular formula is C22H24ClN5O2S. The summed E-state index contributed by atoms with van der Waals surface area (Å²) in [5.74, 6) is 1.65. The van der Waals surface area contributed by atoms with Crippen LogP contribution in [0.2, 0.25) is 5.02 Å². The van der Waals surface area contributed by atoms with Gasteiger partial charge in [0.1, 0.15) is 5.75 Å². The van der Waals surface area contributed by atoms with E-state index in [4.69, 9.17) is 16.3 Å². The van der Waals surface area contributed by atoms with Crippen LogP contribution in [0.4, 0.5) is 5.95 Å². The van der Waals surface area contributed by atoms with Crippen LogP contribution in [0.1, 0.15) is 18.4 Å². The summed E-state index contributed by atoms with van der Waals surface area (Å²) in [5, 5.41) is 13.0. The number of ether oxygens (including phenoxy) is 1. The second-order valence-electron chi connectivity index (χ2n) is 7.14. The predicted octanol–water partition coefficient (Wildman–Crippen LogP) is 3.94. The van der Waals surface area contributed by atoms with E-state index in [-0.39, 0.29) is 11.7 Å². The van der Waals surface area contributed by atoms with Gasteiger partial charge in [0, 0.05) is 25.2 Å². The van der Waals surface area contributed by atoms with E-state index in [2.05, 4.69) is 20.4 Å². The maximum Gasteiger partial charge on any atom is 0.232 e. The van der Waals surface area contributed by atoms with E-state index in [1.54, 1.807) is 7.11 Å². The molecule has 0 atom stereocenters. The molecule has 31 heavy (non-hydrogen) atoms. The number of halogens is 1. The Kier molecular flexibility index (Phi) is 6.99. The Morgan fingerprint density at radius 3 is 2.65 bits per heavy atom. The van der Waals surface area contributed by atoms with Gasteiger partial charge in [0.2, 0.25) is 11.9 Å². The van der Waals surface area contributed by atoms with Crippen molar-refractivity contribution in [3.8, 4) is 11.4 Å². The number of nitrogens with one attached hydrogen (secondary N) is 1. The maximum atomic E-state index is 12.5. The zero-order valence-electron chi connectivity index (χ0n) is 17.3. The molecule has 4 rings (SSSR count). The lowest BCUT2D eigenvalue weighted by Gasteiger charge is -2.19. The fourth-order valence-electron chi connectivity index (χ4n) is 3.55. The molecular weight excluding hydrogens is 434 g/mol. The fraction of sp³-hybridized carbons (Fsp3) is 0.318. The summed E-state index contributed by atoms with van der Waals surface area (Å²) in [6.45, 7) is 2.28. The van der Waals surface area contributed by atoms with Crippen molar-refractivity contribution in [2.45, 2.75) is 24.5 Å². The second-order valence-corrected chi connectivity index (χ2v) is 8.49. The third kappa shape index (κ3) is 4.97. The molecule has 1 N–H and O–H groups in total. The van der Waals surface area contributed by atoms with Crippen LogP contribution in [0, 0.1) is 0 Å². The van der Waals surface area contributed by atoms with Gasteiger partial charge in [0.05, 0.1) is 23.6 Å². The molecule has 2 heterocycles. The summed E-state index contributed by atoms with van der Waals surface area (Å²) in [7, 11) is 1.62. The van der Waals surface area contributed by atoms with Crippen LogP contribution in [-0.2, 0) is 11.3 Å². The van der Waals surface area contributed by atoms with E-state index in [0.717, 1.165) is 48.9 Å². The lowest BCUT2D eigenvalue weighted by Crippen LogP contribution is -2.25. The SMILES string of the molecule is COc1ccccc1CNC(=O)CSc1nnc(N2CCCC2)n1-c1ccccc1Cl. The molecule has 1 aliphatic rings. The van der Waals surface area contributed by atoms with Gasteiger partial charge in [-0.3, -0.25) is 9.36 Å². The monoisotopic (exact) mass is 457 g/mol. The first-order valence-electron chi connectivity index (χ1n) is 10.1. The molecule has 1 aliphatic heterocycles. The number of rotatable bonds is 8. The minimum absolute atomic E-state index is 0.0904. The largest absolute Gasteiger partial charge is 0.496 e. The molecule has 1 aromatic heterocycles. The standard InChI is InChI=1S/C22H24ClN5O2S/c1-30-19-11-5-2-8-16(19)14-24-20(29)15-31-22-26-25-21(27-12-6-7-13-27)28(22)18-10-4-3-9-17(18)23/h2-5,8-11H,6-7,12-15H2,1H3,(H,24,29). The minimum Gasteiger partial charge on any atom is -0.496 e. The number of carbonyl (C=O) groups excluding carboxylic acids is 1. The van der Waals surface area contributed by atoms with Gasteiger partial charge in [-0.05, 0) is 31.0 Å². The zero-order chi connectivity index (χ0) is 21.6. The zero-order valence-corrected chi connectivity index (χ0v) is 18.8. The lowest BCUT2D eigenvalue weighted by atomic mass is 10.2. The van der Waals surface area contributed by atoms with Crippen molar-refractivity contribution in [2.75, 3.05) is 30.9 Å². The van der Waals surface area contributed by atoms with E-state index in [1.807, 2.05) is 53.1 Å². The van der Waals surface area contributed by atoms with Crippen molar-refractivity contribution in [1.29, 1.82) is 0 Å². The van der Waals surface area contributed by atoms with Crippen LogP contribution in [0.5, 0.6) is 5.75 Å². The summed E-state index contributed by atoms with van der Waals surface area (Å²) in [4.78, 5) is 14.7. The van der Waals surface area contributed by atoms with E-state index < -0.39 is 0 Å². The van der Waals surface area contributed by atoms with Crippen LogP contribution in [-0.4, -0.2) is 46.6 Å².